The summed E-state index contributed by atoms with van der Waals surface area (Å²) in [6, 6.07) is 29.7. The summed E-state index contributed by atoms with van der Waals surface area (Å²) in [5, 5.41) is 27.0. The summed E-state index contributed by atoms with van der Waals surface area (Å²) in [4.78, 5) is 38.5. The molecule has 0 fully saturated rings. The minimum Gasteiger partial charge on any atom is -0.458 e. The zero-order chi connectivity index (χ0) is 30.3. The number of anilines is 2. The molecule has 10 heteroatoms. The number of non-ortho nitro benzene ring substituents is 2. The van der Waals surface area contributed by atoms with E-state index < -0.39 is 27.9 Å². The van der Waals surface area contributed by atoms with Crippen LogP contribution >= 0.6 is 0 Å². The lowest BCUT2D eigenvalue weighted by Crippen LogP contribution is -2.41. The topological polar surface area (TPSA) is 128 Å². The third-order valence-electron chi connectivity index (χ3n) is 7.15. The summed E-state index contributed by atoms with van der Waals surface area (Å²) >= 11 is 0. The zero-order valence-corrected chi connectivity index (χ0v) is 23.0. The molecule has 1 heterocycles. The van der Waals surface area contributed by atoms with Crippen LogP contribution in [0.3, 0.4) is 0 Å². The molecule has 0 unspecified atom stereocenters. The Kier molecular flexibility index (Phi) is 8.57. The Bertz CT molecular complexity index is 1690. The molecule has 1 aliphatic rings. The Hall–Kier alpha value is -5.77. The molecule has 0 saturated heterocycles. The zero-order valence-electron chi connectivity index (χ0n) is 23.0. The van der Waals surface area contributed by atoms with Crippen molar-refractivity contribution in [2.45, 2.75) is 18.5 Å². The minimum absolute atomic E-state index is 0.0394. The van der Waals surface area contributed by atoms with Crippen LogP contribution in [0, 0.1) is 20.2 Å². The number of nitrogens with one attached hydrogen (secondary N) is 1. The Labute approximate surface area is 247 Å². The molecule has 0 amide bonds. The second-order valence-electron chi connectivity index (χ2n) is 9.84. The van der Waals surface area contributed by atoms with Crippen molar-refractivity contribution < 1.29 is 19.4 Å². The van der Waals surface area contributed by atoms with Gasteiger partial charge in [0, 0.05) is 47.8 Å². The third kappa shape index (κ3) is 6.28. The molecule has 1 aliphatic heterocycles. The van der Waals surface area contributed by atoms with Gasteiger partial charge in [-0.2, -0.15) is 0 Å². The number of nitrogens with zero attached hydrogens (tertiary/aromatic N) is 3. The predicted molar refractivity (Wildman–Crippen MR) is 163 cm³/mol. The average Bonchev–Trinajstić information content (AvgIpc) is 3.04. The van der Waals surface area contributed by atoms with E-state index in [1.165, 1.54) is 30.3 Å². The Morgan fingerprint density at radius 2 is 1.44 bits per heavy atom. The van der Waals surface area contributed by atoms with Crippen LogP contribution in [0.2, 0.25) is 0 Å². The van der Waals surface area contributed by atoms with E-state index in [2.05, 4.69) is 11.9 Å². The largest absolute Gasteiger partial charge is 0.458 e. The first-order chi connectivity index (χ1) is 20.9. The highest BCUT2D eigenvalue weighted by Crippen LogP contribution is 2.48. The Balaban J connectivity index is 1.81. The van der Waals surface area contributed by atoms with Crippen LogP contribution in [-0.4, -0.2) is 22.4 Å². The molecule has 0 aromatic heterocycles. The fourth-order valence-electron chi connectivity index (χ4n) is 5.34. The van der Waals surface area contributed by atoms with Crippen LogP contribution in [0.15, 0.2) is 133 Å². The van der Waals surface area contributed by atoms with Crippen molar-refractivity contribution in [3.05, 3.63) is 164 Å². The van der Waals surface area contributed by atoms with E-state index in [0.717, 1.165) is 5.69 Å². The van der Waals surface area contributed by atoms with E-state index in [-0.39, 0.29) is 30.0 Å². The fraction of sp³-hybridized carbons (Fsp3) is 0.121. The van der Waals surface area contributed by atoms with Gasteiger partial charge in [-0.1, -0.05) is 73.3 Å². The van der Waals surface area contributed by atoms with Crippen LogP contribution in [0.4, 0.5) is 22.7 Å². The molecule has 43 heavy (non-hydrogen) atoms. The molecule has 0 bridgehead atoms. The first kappa shape index (κ1) is 28.7. The maximum Gasteiger partial charge on any atom is 0.338 e. The predicted octanol–water partition coefficient (Wildman–Crippen LogP) is 7.29. The standard InChI is InChI=1S/C33H28N4O6/c1-2-19-43-33(38)31-29(34-25-13-5-3-6-14-25)22-30(23-11-9-17-27(20-23)36(39)40)35(26-15-7-4-8-16-26)32(31)24-12-10-18-28(21-24)37(41)42/h2-18,20-21,30,32,34H,1,19,22H2/t30-,32-/m0/s1. The number of rotatable bonds is 10. The number of nitro groups is 2. The Morgan fingerprint density at radius 1 is 0.860 bits per heavy atom. The number of esters is 1. The first-order valence-electron chi connectivity index (χ1n) is 13.5. The smallest absolute Gasteiger partial charge is 0.338 e. The number of para-hydroxylation sites is 2. The lowest BCUT2D eigenvalue weighted by molar-refractivity contribution is -0.385. The van der Waals surface area contributed by atoms with Crippen LogP contribution in [-0.2, 0) is 9.53 Å². The molecule has 10 nitrogen and oxygen atoms in total. The van der Waals surface area contributed by atoms with Gasteiger partial charge in [0.2, 0.25) is 0 Å². The number of ether oxygens (including phenoxy) is 1. The molecule has 0 aliphatic carbocycles. The molecule has 4 aromatic carbocycles. The Morgan fingerprint density at radius 3 is 2.05 bits per heavy atom. The van der Waals surface area contributed by atoms with Crippen LogP contribution < -0.4 is 10.2 Å². The average molecular weight is 577 g/mol. The van der Waals surface area contributed by atoms with Crippen molar-refractivity contribution >= 4 is 28.7 Å². The van der Waals surface area contributed by atoms with Crippen molar-refractivity contribution in [2.24, 2.45) is 0 Å². The third-order valence-corrected chi connectivity index (χ3v) is 7.15. The van der Waals surface area contributed by atoms with Crippen molar-refractivity contribution in [3.63, 3.8) is 0 Å². The maximum absolute atomic E-state index is 13.9. The number of hydrogen-bond donors (Lipinski definition) is 1. The first-order valence-corrected chi connectivity index (χ1v) is 13.5. The number of carbonyl (C=O) groups is 1. The molecular formula is C33H28N4O6. The van der Waals surface area contributed by atoms with E-state index in [4.69, 9.17) is 4.74 Å². The second-order valence-corrected chi connectivity index (χ2v) is 9.84. The van der Waals surface area contributed by atoms with Crippen LogP contribution in [0.1, 0.15) is 29.6 Å². The molecule has 5 rings (SSSR count). The van der Waals surface area contributed by atoms with Crippen molar-refractivity contribution in [1.29, 1.82) is 0 Å². The summed E-state index contributed by atoms with van der Waals surface area (Å²) < 4.78 is 5.60. The molecule has 0 spiro atoms. The fourth-order valence-corrected chi connectivity index (χ4v) is 5.34. The lowest BCUT2D eigenvalue weighted by Gasteiger charge is -2.45. The van der Waals surface area contributed by atoms with E-state index in [1.807, 2.05) is 65.6 Å². The molecule has 0 saturated carbocycles. The molecule has 216 valence electrons. The van der Waals surface area contributed by atoms with Gasteiger partial charge in [0.1, 0.15) is 6.61 Å². The number of hydrogen-bond acceptors (Lipinski definition) is 8. The highest BCUT2D eigenvalue weighted by atomic mass is 16.6. The van der Waals surface area contributed by atoms with E-state index in [9.17, 15) is 25.0 Å². The second kappa shape index (κ2) is 12.8. The highest BCUT2D eigenvalue weighted by molar-refractivity contribution is 5.93. The van der Waals surface area contributed by atoms with Crippen LogP contribution in [0.25, 0.3) is 0 Å². The van der Waals surface area contributed by atoms with Crippen molar-refractivity contribution in [3.8, 4) is 0 Å². The van der Waals surface area contributed by atoms with Gasteiger partial charge < -0.3 is 15.0 Å². The van der Waals surface area contributed by atoms with E-state index in [1.54, 1.807) is 24.3 Å². The molecular weight excluding hydrogens is 548 g/mol. The van der Waals surface area contributed by atoms with Gasteiger partial charge in [-0.25, -0.2) is 4.79 Å². The highest BCUT2D eigenvalue weighted by Gasteiger charge is 2.42. The SMILES string of the molecule is C=CCOC(=O)C1=C(Nc2ccccc2)C[C@@H](c2cccc([N+](=O)[O-])c2)N(c2ccccc2)[C@H]1c1cccc([N+](=O)[O-])c1. The van der Waals surface area contributed by atoms with Crippen molar-refractivity contribution in [1.82, 2.24) is 0 Å². The van der Waals surface area contributed by atoms with Gasteiger partial charge in [0.05, 0.1) is 27.5 Å². The van der Waals surface area contributed by atoms with Gasteiger partial charge in [-0.3, -0.25) is 20.2 Å². The molecule has 1 N–H and O–H groups in total. The number of nitro benzene ring substituents is 2. The van der Waals surface area contributed by atoms with Gasteiger partial charge in [0.15, 0.2) is 0 Å². The van der Waals surface area contributed by atoms with Crippen LogP contribution in [0.5, 0.6) is 0 Å². The lowest BCUT2D eigenvalue weighted by atomic mass is 9.84. The molecule has 4 aromatic rings. The summed E-state index contributed by atoms with van der Waals surface area (Å²) in [5.74, 6) is -0.617. The summed E-state index contributed by atoms with van der Waals surface area (Å²) in [6.45, 7) is 3.62. The summed E-state index contributed by atoms with van der Waals surface area (Å²) in [6.07, 6.45) is 1.71. The van der Waals surface area contributed by atoms with E-state index >= 15 is 0 Å². The molecule has 0 radical (unpaired) electrons. The quantitative estimate of drug-likeness (QED) is 0.0902. The normalized spacial score (nSPS) is 16.3. The molecule has 2 atom stereocenters. The minimum atomic E-state index is -0.871. The van der Waals surface area contributed by atoms with Gasteiger partial charge >= 0.3 is 5.97 Å². The van der Waals surface area contributed by atoms with Gasteiger partial charge in [-0.15, -0.1) is 0 Å². The summed E-state index contributed by atoms with van der Waals surface area (Å²) in [5.41, 5.74) is 3.12. The monoisotopic (exact) mass is 576 g/mol. The number of benzene rings is 4. The van der Waals surface area contributed by atoms with E-state index in [0.29, 0.717) is 22.5 Å². The van der Waals surface area contributed by atoms with Crippen molar-refractivity contribution in [2.75, 3.05) is 16.8 Å². The number of carbonyl (C=O) groups excluding carboxylic acids is 1. The maximum atomic E-state index is 13.9. The van der Waals surface area contributed by atoms with Gasteiger partial charge in [0.25, 0.3) is 11.4 Å². The summed E-state index contributed by atoms with van der Waals surface area (Å²) in [7, 11) is 0. The van der Waals surface area contributed by atoms with Gasteiger partial charge in [-0.05, 0) is 35.4 Å².